The van der Waals surface area contributed by atoms with Gasteiger partial charge in [0, 0.05) is 39.9 Å². The van der Waals surface area contributed by atoms with Crippen LogP contribution in [0.4, 0.5) is 5.82 Å². The fourth-order valence-corrected chi connectivity index (χ4v) is 4.98. The lowest BCUT2D eigenvalue weighted by Gasteiger charge is -2.31. The Balaban J connectivity index is 0.00000162. The Morgan fingerprint density at radius 2 is 2.03 bits per heavy atom. The molecule has 9 nitrogen and oxygen atoms in total. The van der Waals surface area contributed by atoms with E-state index in [2.05, 4.69) is 20.5 Å². The molecule has 1 saturated carbocycles. The molecule has 1 saturated heterocycles. The predicted molar refractivity (Wildman–Crippen MR) is 123 cm³/mol. The molecule has 1 aromatic carbocycles. The molecule has 1 aliphatic carbocycles. The molecule has 3 aromatic rings. The average molecular weight is 438 g/mol. The van der Waals surface area contributed by atoms with Crippen molar-refractivity contribution in [3.05, 3.63) is 41.7 Å². The largest absolute Gasteiger partial charge is 0.414 e. The molecule has 170 valence electrons. The molecule has 2 bridgehead atoms. The predicted octanol–water partition coefficient (Wildman–Crippen LogP) is 3.10. The van der Waals surface area contributed by atoms with Crippen molar-refractivity contribution in [3.8, 4) is 23.0 Å². The van der Waals surface area contributed by atoms with E-state index in [1.807, 2.05) is 43.1 Å². The molecule has 3 N–H and O–H groups in total. The normalized spacial score (nSPS) is 21.9. The first kappa shape index (κ1) is 20.6. The first-order chi connectivity index (χ1) is 15.6. The van der Waals surface area contributed by atoms with E-state index in [4.69, 9.17) is 15.1 Å². The van der Waals surface area contributed by atoms with Gasteiger partial charge in [0.25, 0.3) is 5.89 Å². The maximum absolute atomic E-state index is 12.2. The van der Waals surface area contributed by atoms with E-state index in [0.29, 0.717) is 30.0 Å². The Kier molecular flexibility index (Phi) is 5.34. The molecule has 2 fully saturated rings. The number of piperidine rings is 1. The molecule has 1 aliphatic heterocycles. The van der Waals surface area contributed by atoms with Gasteiger partial charge in [-0.25, -0.2) is 9.97 Å². The Hall–Kier alpha value is -3.33. The van der Waals surface area contributed by atoms with Crippen molar-refractivity contribution >= 4 is 11.7 Å². The summed E-state index contributed by atoms with van der Waals surface area (Å²) in [6, 6.07) is 8.24. The van der Waals surface area contributed by atoms with Crippen molar-refractivity contribution in [2.24, 2.45) is 5.92 Å². The average Bonchev–Trinajstić information content (AvgIpc) is 3.56. The zero-order valence-corrected chi connectivity index (χ0v) is 18.3. The van der Waals surface area contributed by atoms with Crippen LogP contribution >= 0.6 is 0 Å². The van der Waals surface area contributed by atoms with Crippen LogP contribution in [0.3, 0.4) is 0 Å². The van der Waals surface area contributed by atoms with Gasteiger partial charge < -0.3 is 20.4 Å². The number of rotatable bonds is 6. The topological polar surface area (TPSA) is 123 Å². The summed E-state index contributed by atoms with van der Waals surface area (Å²) < 4.78 is 5.91. The first-order valence-corrected chi connectivity index (χ1v) is 11.1. The minimum atomic E-state index is 0. The summed E-state index contributed by atoms with van der Waals surface area (Å²) in [5.41, 5.74) is 9.41. The summed E-state index contributed by atoms with van der Waals surface area (Å²) in [6.45, 7) is 3.50. The Morgan fingerprint density at radius 3 is 2.72 bits per heavy atom. The molecular formula is C23H31N7O2. The number of benzene rings is 1. The lowest BCUT2D eigenvalue weighted by atomic mass is 9.91. The third-order valence-corrected chi connectivity index (χ3v) is 6.57. The third kappa shape index (κ3) is 3.62. The molecule has 5 rings (SSSR count). The van der Waals surface area contributed by atoms with Crippen LogP contribution in [-0.4, -0.2) is 50.6 Å². The van der Waals surface area contributed by atoms with Gasteiger partial charge in [-0.05, 0) is 43.5 Å². The van der Waals surface area contributed by atoms with E-state index in [9.17, 15) is 4.79 Å². The molecule has 3 atom stereocenters. The van der Waals surface area contributed by atoms with Crippen molar-refractivity contribution in [3.63, 3.8) is 0 Å². The highest BCUT2D eigenvalue weighted by atomic mass is 16.4. The van der Waals surface area contributed by atoms with E-state index in [1.54, 1.807) is 6.20 Å². The number of carbonyl (C=O) groups is 1. The molecule has 2 aliphatic rings. The lowest BCUT2D eigenvalue weighted by Crippen LogP contribution is -2.39. The zero-order valence-electron chi connectivity index (χ0n) is 18.3. The van der Waals surface area contributed by atoms with Gasteiger partial charge in [-0.1, -0.05) is 19.1 Å². The molecule has 1 unspecified atom stereocenters. The van der Waals surface area contributed by atoms with Gasteiger partial charge in [0.1, 0.15) is 0 Å². The minimum absolute atomic E-state index is 0. The molecule has 0 spiro atoms. The fraction of sp³-hybridized carbons (Fsp3) is 0.435. The lowest BCUT2D eigenvalue weighted by molar-refractivity contribution is -0.132. The Morgan fingerprint density at radius 1 is 1.25 bits per heavy atom. The number of hydrogen-bond acceptors (Lipinski definition) is 8. The van der Waals surface area contributed by atoms with Gasteiger partial charge in [0.2, 0.25) is 11.8 Å². The van der Waals surface area contributed by atoms with Crippen LogP contribution in [0.25, 0.3) is 23.0 Å². The molecule has 32 heavy (non-hydrogen) atoms. The second-order valence-electron chi connectivity index (χ2n) is 8.56. The fourth-order valence-electron chi connectivity index (χ4n) is 4.98. The third-order valence-electron chi connectivity index (χ3n) is 6.57. The van der Waals surface area contributed by atoms with Crippen LogP contribution in [0.5, 0.6) is 0 Å². The zero-order chi connectivity index (χ0) is 22.2. The standard InChI is InChI=1S/C23H27N7O2.2H2/c1-3-19(31)30-12-15-8-16(30)9-17(15)18-11-26-21(24)20(27-18)23-29-28-22(32-23)14-6-4-13(5-7-14)10-25-2;;/h4-7,11,15-17,25H,3,8-10,12H2,1-2H3,(H2,24,26);2*1H/t15-,16+,17?;;/m1../s1. The number of anilines is 1. The quantitative estimate of drug-likeness (QED) is 0.603. The van der Waals surface area contributed by atoms with Crippen molar-refractivity contribution in [1.29, 1.82) is 0 Å². The summed E-state index contributed by atoms with van der Waals surface area (Å²) in [7, 11) is 1.91. The van der Waals surface area contributed by atoms with Crippen molar-refractivity contribution in [1.82, 2.24) is 30.4 Å². The molecular weight excluding hydrogens is 406 g/mol. The summed E-state index contributed by atoms with van der Waals surface area (Å²) in [5, 5.41) is 11.5. The summed E-state index contributed by atoms with van der Waals surface area (Å²) in [6.07, 6.45) is 4.22. The number of likely N-dealkylation sites (tertiary alicyclic amines) is 1. The minimum Gasteiger partial charge on any atom is -0.414 e. The van der Waals surface area contributed by atoms with Crippen molar-refractivity contribution in [2.45, 2.75) is 44.7 Å². The number of carbonyl (C=O) groups excluding carboxylic acids is 1. The number of amides is 1. The summed E-state index contributed by atoms with van der Waals surface area (Å²) >= 11 is 0. The molecule has 2 aromatic heterocycles. The number of nitrogen functional groups attached to an aromatic ring is 1. The van der Waals surface area contributed by atoms with E-state index >= 15 is 0 Å². The maximum Gasteiger partial charge on any atom is 0.270 e. The molecule has 9 heteroatoms. The molecule has 3 heterocycles. The Labute approximate surface area is 189 Å². The summed E-state index contributed by atoms with van der Waals surface area (Å²) in [5.74, 6) is 1.83. The van der Waals surface area contributed by atoms with Gasteiger partial charge in [-0.2, -0.15) is 0 Å². The van der Waals surface area contributed by atoms with Crippen LogP contribution in [0.1, 0.15) is 46.2 Å². The van der Waals surface area contributed by atoms with Crippen LogP contribution in [-0.2, 0) is 11.3 Å². The van der Waals surface area contributed by atoms with Crippen LogP contribution < -0.4 is 11.1 Å². The van der Waals surface area contributed by atoms with Gasteiger partial charge in [-0.15, -0.1) is 10.2 Å². The van der Waals surface area contributed by atoms with Crippen LogP contribution in [0.15, 0.2) is 34.9 Å². The van der Waals surface area contributed by atoms with E-state index in [0.717, 1.165) is 37.2 Å². The van der Waals surface area contributed by atoms with E-state index in [1.165, 1.54) is 5.56 Å². The number of hydrogen-bond donors (Lipinski definition) is 2. The highest BCUT2D eigenvalue weighted by molar-refractivity contribution is 5.76. The first-order valence-electron chi connectivity index (χ1n) is 11.1. The SMILES string of the molecule is CCC(=O)N1C[C@H]2C[C@H]1CC2c1cnc(N)c(-c2nnc(-c3ccc(CNC)cc3)o2)n1.[HH].[HH]. The van der Waals surface area contributed by atoms with Gasteiger partial charge >= 0.3 is 0 Å². The van der Waals surface area contributed by atoms with Gasteiger partial charge in [-0.3, -0.25) is 4.79 Å². The second kappa shape index (κ2) is 8.31. The summed E-state index contributed by atoms with van der Waals surface area (Å²) in [4.78, 5) is 23.3. The van der Waals surface area contributed by atoms with E-state index in [-0.39, 0.29) is 26.4 Å². The Bertz CT molecular complexity index is 1140. The molecule has 0 radical (unpaired) electrons. The smallest absolute Gasteiger partial charge is 0.270 e. The number of nitrogens with zero attached hydrogens (tertiary/aromatic N) is 5. The van der Waals surface area contributed by atoms with Crippen molar-refractivity contribution < 1.29 is 12.1 Å². The van der Waals surface area contributed by atoms with Gasteiger partial charge in [0.05, 0.1) is 11.9 Å². The number of aromatic nitrogens is 4. The van der Waals surface area contributed by atoms with Crippen LogP contribution in [0, 0.1) is 5.92 Å². The molecule has 1 amide bonds. The number of nitrogens with two attached hydrogens (primary N) is 1. The number of nitrogens with one attached hydrogen (secondary N) is 1. The maximum atomic E-state index is 12.2. The highest BCUT2D eigenvalue weighted by Crippen LogP contribution is 2.47. The highest BCUT2D eigenvalue weighted by Gasteiger charge is 2.47. The van der Waals surface area contributed by atoms with Gasteiger partial charge in [0.15, 0.2) is 11.5 Å². The van der Waals surface area contributed by atoms with Crippen LogP contribution in [0.2, 0.25) is 0 Å². The second-order valence-corrected chi connectivity index (χ2v) is 8.56. The van der Waals surface area contributed by atoms with E-state index < -0.39 is 0 Å². The monoisotopic (exact) mass is 437 g/mol. The van der Waals surface area contributed by atoms with Crippen molar-refractivity contribution in [2.75, 3.05) is 19.3 Å². The number of fused-ring (bicyclic) bond motifs is 2.